The SMILES string of the molecule is COc1ccc2c(c1)C1CCNCC1C(=O)N2. The van der Waals surface area contributed by atoms with E-state index in [1.165, 1.54) is 5.56 Å². The van der Waals surface area contributed by atoms with Gasteiger partial charge in [0.25, 0.3) is 0 Å². The minimum atomic E-state index is 0.0587. The van der Waals surface area contributed by atoms with Gasteiger partial charge in [-0.25, -0.2) is 0 Å². The molecule has 1 saturated heterocycles. The van der Waals surface area contributed by atoms with Crippen molar-refractivity contribution in [2.45, 2.75) is 12.3 Å². The largest absolute Gasteiger partial charge is 0.497 e. The van der Waals surface area contributed by atoms with Crippen molar-refractivity contribution in [2.24, 2.45) is 5.92 Å². The molecule has 3 rings (SSSR count). The summed E-state index contributed by atoms with van der Waals surface area (Å²) in [6.07, 6.45) is 1.01. The predicted octanol–water partition coefficient (Wildman–Crippen LogP) is 1.34. The molecule has 17 heavy (non-hydrogen) atoms. The van der Waals surface area contributed by atoms with Crippen LogP contribution in [0, 0.1) is 5.92 Å². The van der Waals surface area contributed by atoms with E-state index in [1.807, 2.05) is 12.1 Å². The summed E-state index contributed by atoms with van der Waals surface area (Å²) in [6, 6.07) is 5.88. The van der Waals surface area contributed by atoms with Crippen molar-refractivity contribution < 1.29 is 9.53 Å². The average molecular weight is 232 g/mol. The topological polar surface area (TPSA) is 50.4 Å². The van der Waals surface area contributed by atoms with Crippen LogP contribution >= 0.6 is 0 Å². The van der Waals surface area contributed by atoms with Gasteiger partial charge < -0.3 is 15.4 Å². The summed E-state index contributed by atoms with van der Waals surface area (Å²) in [4.78, 5) is 12.0. The number of hydrogen-bond donors (Lipinski definition) is 2. The molecule has 0 aromatic heterocycles. The Morgan fingerprint density at radius 2 is 2.24 bits per heavy atom. The number of nitrogens with one attached hydrogen (secondary N) is 2. The number of hydrogen-bond acceptors (Lipinski definition) is 3. The van der Waals surface area contributed by atoms with Gasteiger partial charge in [0.05, 0.1) is 13.0 Å². The molecule has 2 atom stereocenters. The number of piperidine rings is 1. The molecule has 0 saturated carbocycles. The number of carbonyl (C=O) groups excluding carboxylic acids is 1. The number of ether oxygens (including phenoxy) is 1. The average Bonchev–Trinajstić information content (AvgIpc) is 2.39. The molecule has 0 aliphatic carbocycles. The van der Waals surface area contributed by atoms with E-state index in [1.54, 1.807) is 7.11 Å². The lowest BCUT2D eigenvalue weighted by Gasteiger charge is -2.36. The highest BCUT2D eigenvalue weighted by Gasteiger charge is 2.37. The highest BCUT2D eigenvalue weighted by molar-refractivity contribution is 5.97. The first-order valence-electron chi connectivity index (χ1n) is 5.99. The van der Waals surface area contributed by atoms with Gasteiger partial charge in [0.1, 0.15) is 5.75 Å². The number of anilines is 1. The van der Waals surface area contributed by atoms with E-state index in [-0.39, 0.29) is 11.8 Å². The molecule has 1 aromatic carbocycles. The Labute approximate surface area is 100 Å². The molecule has 0 radical (unpaired) electrons. The van der Waals surface area contributed by atoms with Crippen LogP contribution in [0.2, 0.25) is 0 Å². The second-order valence-corrected chi connectivity index (χ2v) is 4.65. The molecule has 0 spiro atoms. The summed E-state index contributed by atoms with van der Waals surface area (Å²) in [6.45, 7) is 1.75. The van der Waals surface area contributed by atoms with Crippen LogP contribution in [-0.2, 0) is 4.79 Å². The number of benzene rings is 1. The summed E-state index contributed by atoms with van der Waals surface area (Å²) in [5.74, 6) is 1.38. The summed E-state index contributed by atoms with van der Waals surface area (Å²) in [5.41, 5.74) is 2.16. The van der Waals surface area contributed by atoms with Crippen molar-refractivity contribution in [1.29, 1.82) is 0 Å². The smallest absolute Gasteiger partial charge is 0.229 e. The Morgan fingerprint density at radius 3 is 3.06 bits per heavy atom. The number of fused-ring (bicyclic) bond motifs is 3. The third-order valence-electron chi connectivity index (χ3n) is 3.73. The number of amides is 1. The molecule has 0 bridgehead atoms. The number of rotatable bonds is 1. The normalized spacial score (nSPS) is 26.8. The Bertz CT molecular complexity index is 459. The van der Waals surface area contributed by atoms with Crippen molar-refractivity contribution in [2.75, 3.05) is 25.5 Å². The van der Waals surface area contributed by atoms with Crippen molar-refractivity contribution in [1.82, 2.24) is 5.32 Å². The Kier molecular flexibility index (Phi) is 2.52. The van der Waals surface area contributed by atoms with Crippen LogP contribution in [0.1, 0.15) is 17.9 Å². The van der Waals surface area contributed by atoms with E-state index in [0.29, 0.717) is 5.92 Å². The maximum atomic E-state index is 12.0. The second kappa shape index (κ2) is 4.04. The molecule has 1 fully saturated rings. The van der Waals surface area contributed by atoms with Crippen LogP contribution in [0.15, 0.2) is 18.2 Å². The first-order chi connectivity index (χ1) is 8.29. The molecule has 1 aromatic rings. The zero-order valence-electron chi connectivity index (χ0n) is 9.82. The highest BCUT2D eigenvalue weighted by Crippen LogP contribution is 2.40. The van der Waals surface area contributed by atoms with E-state index in [9.17, 15) is 4.79 Å². The standard InChI is InChI=1S/C13H16N2O2/c1-17-8-2-3-12-10(6-8)9-4-5-14-7-11(9)13(16)15-12/h2-3,6,9,11,14H,4-5,7H2,1H3,(H,15,16). The minimum Gasteiger partial charge on any atom is -0.497 e. The van der Waals surface area contributed by atoms with E-state index >= 15 is 0 Å². The van der Waals surface area contributed by atoms with Crippen LogP contribution < -0.4 is 15.4 Å². The van der Waals surface area contributed by atoms with Crippen molar-refractivity contribution in [3.8, 4) is 5.75 Å². The second-order valence-electron chi connectivity index (χ2n) is 4.65. The minimum absolute atomic E-state index is 0.0587. The molecule has 4 heteroatoms. The molecular formula is C13H16N2O2. The zero-order chi connectivity index (χ0) is 11.8. The molecule has 1 amide bonds. The molecule has 90 valence electrons. The fraction of sp³-hybridized carbons (Fsp3) is 0.462. The summed E-state index contributed by atoms with van der Waals surface area (Å²) >= 11 is 0. The monoisotopic (exact) mass is 232 g/mol. The van der Waals surface area contributed by atoms with Crippen molar-refractivity contribution in [3.05, 3.63) is 23.8 Å². The van der Waals surface area contributed by atoms with E-state index < -0.39 is 0 Å². The lowest BCUT2D eigenvalue weighted by molar-refractivity contribution is -0.121. The predicted molar refractivity (Wildman–Crippen MR) is 65.3 cm³/mol. The van der Waals surface area contributed by atoms with E-state index in [2.05, 4.69) is 16.7 Å². The summed E-state index contributed by atoms with van der Waals surface area (Å²) in [7, 11) is 1.67. The van der Waals surface area contributed by atoms with Gasteiger partial charge in [0, 0.05) is 18.2 Å². The zero-order valence-corrected chi connectivity index (χ0v) is 9.82. The van der Waals surface area contributed by atoms with Gasteiger partial charge >= 0.3 is 0 Å². The van der Waals surface area contributed by atoms with Crippen LogP contribution in [-0.4, -0.2) is 26.1 Å². The van der Waals surface area contributed by atoms with E-state index in [0.717, 1.165) is 30.9 Å². The maximum Gasteiger partial charge on any atom is 0.229 e. The van der Waals surface area contributed by atoms with Gasteiger partial charge in [-0.05, 0) is 36.7 Å². The third-order valence-corrected chi connectivity index (χ3v) is 3.73. The Balaban J connectivity index is 2.04. The van der Waals surface area contributed by atoms with Gasteiger partial charge in [-0.2, -0.15) is 0 Å². The fourth-order valence-corrected chi connectivity index (χ4v) is 2.82. The summed E-state index contributed by atoms with van der Waals surface area (Å²) in [5, 5.41) is 6.26. The first-order valence-corrected chi connectivity index (χ1v) is 5.99. The van der Waals surface area contributed by atoms with Crippen LogP contribution in [0.4, 0.5) is 5.69 Å². The molecular weight excluding hydrogens is 216 g/mol. The fourth-order valence-electron chi connectivity index (χ4n) is 2.82. The maximum absolute atomic E-state index is 12.0. The molecule has 2 aliphatic heterocycles. The van der Waals surface area contributed by atoms with Crippen molar-refractivity contribution in [3.63, 3.8) is 0 Å². The quantitative estimate of drug-likeness (QED) is 0.768. The van der Waals surface area contributed by atoms with Crippen LogP contribution in [0.5, 0.6) is 5.75 Å². The van der Waals surface area contributed by atoms with Gasteiger partial charge in [-0.3, -0.25) is 4.79 Å². The number of methoxy groups -OCH3 is 1. The van der Waals surface area contributed by atoms with Gasteiger partial charge in [-0.15, -0.1) is 0 Å². The summed E-state index contributed by atoms with van der Waals surface area (Å²) < 4.78 is 5.26. The first kappa shape index (κ1) is 10.6. The van der Waals surface area contributed by atoms with Gasteiger partial charge in [0.15, 0.2) is 0 Å². The third kappa shape index (κ3) is 1.69. The van der Waals surface area contributed by atoms with Crippen molar-refractivity contribution >= 4 is 11.6 Å². The Hall–Kier alpha value is -1.55. The Morgan fingerprint density at radius 1 is 1.35 bits per heavy atom. The van der Waals surface area contributed by atoms with Gasteiger partial charge in [-0.1, -0.05) is 0 Å². The van der Waals surface area contributed by atoms with E-state index in [4.69, 9.17) is 4.74 Å². The number of carbonyl (C=O) groups is 1. The molecule has 4 nitrogen and oxygen atoms in total. The van der Waals surface area contributed by atoms with Crippen LogP contribution in [0.25, 0.3) is 0 Å². The lowest BCUT2D eigenvalue weighted by Crippen LogP contribution is -2.44. The molecule has 2 N–H and O–H groups in total. The highest BCUT2D eigenvalue weighted by atomic mass is 16.5. The molecule has 2 heterocycles. The van der Waals surface area contributed by atoms with Gasteiger partial charge in [0.2, 0.25) is 5.91 Å². The lowest BCUT2D eigenvalue weighted by atomic mass is 9.77. The van der Waals surface area contributed by atoms with Crippen LogP contribution in [0.3, 0.4) is 0 Å². The molecule has 2 unspecified atom stereocenters. The molecule has 2 aliphatic rings.